The van der Waals surface area contributed by atoms with Crippen LogP contribution in [0.2, 0.25) is 0 Å². The number of aryl methyl sites for hydroxylation is 1. The molecule has 20 heavy (non-hydrogen) atoms. The van der Waals surface area contributed by atoms with Gasteiger partial charge in [-0.1, -0.05) is 6.07 Å². The van der Waals surface area contributed by atoms with Crippen molar-refractivity contribution >= 4 is 5.78 Å². The van der Waals surface area contributed by atoms with Crippen LogP contribution in [0.3, 0.4) is 0 Å². The van der Waals surface area contributed by atoms with Gasteiger partial charge in [0.25, 0.3) is 0 Å². The highest BCUT2D eigenvalue weighted by molar-refractivity contribution is 6.03. The predicted octanol–water partition coefficient (Wildman–Crippen LogP) is 2.57. The van der Waals surface area contributed by atoms with Crippen molar-refractivity contribution in [2.75, 3.05) is 26.3 Å². The minimum Gasteiger partial charge on any atom is -0.379 e. The lowest BCUT2D eigenvalue weighted by atomic mass is 9.89. The van der Waals surface area contributed by atoms with Crippen LogP contribution in [0.15, 0.2) is 12.1 Å². The Bertz CT molecular complexity index is 523. The van der Waals surface area contributed by atoms with E-state index in [2.05, 4.69) is 0 Å². The zero-order chi connectivity index (χ0) is 14.9. The molecule has 0 amide bonds. The first-order chi connectivity index (χ1) is 9.35. The quantitative estimate of drug-likeness (QED) is 0.799. The van der Waals surface area contributed by atoms with E-state index in [4.69, 9.17) is 4.74 Å². The van der Waals surface area contributed by atoms with Gasteiger partial charge >= 0.3 is 0 Å². The van der Waals surface area contributed by atoms with Crippen LogP contribution < -0.4 is 0 Å². The van der Waals surface area contributed by atoms with Gasteiger partial charge in [-0.25, -0.2) is 8.78 Å². The number of benzene rings is 1. The maximum absolute atomic E-state index is 14.1. The summed E-state index contributed by atoms with van der Waals surface area (Å²) in [6.45, 7) is 7.11. The fraction of sp³-hybridized carbons (Fsp3) is 0.533. The molecular weight excluding hydrogens is 264 g/mol. The number of Topliss-reactive ketones (excluding diaryl/α,β-unsaturated/α-hetero) is 1. The second kappa shape index (κ2) is 5.58. The van der Waals surface area contributed by atoms with Crippen LogP contribution in [0.25, 0.3) is 0 Å². The third-order valence-electron chi connectivity index (χ3n) is 3.87. The van der Waals surface area contributed by atoms with Gasteiger partial charge < -0.3 is 4.74 Å². The lowest BCUT2D eigenvalue weighted by Gasteiger charge is -2.39. The summed E-state index contributed by atoms with van der Waals surface area (Å²) in [6.07, 6.45) is 0. The standard InChI is InChI=1S/C15H19F2NO2/c1-10-4-5-11(16)12(13(10)17)14(19)15(2,3)18-6-8-20-9-7-18/h4-5H,6-9H2,1-3H3. The molecule has 1 aliphatic heterocycles. The number of halogens is 2. The van der Waals surface area contributed by atoms with E-state index in [0.717, 1.165) is 6.07 Å². The van der Waals surface area contributed by atoms with Crippen LogP contribution in [0.1, 0.15) is 29.8 Å². The fourth-order valence-electron chi connectivity index (χ4n) is 2.44. The number of nitrogens with zero attached hydrogens (tertiary/aromatic N) is 1. The number of ether oxygens (including phenoxy) is 1. The molecule has 0 N–H and O–H groups in total. The Morgan fingerprint density at radius 1 is 1.25 bits per heavy atom. The van der Waals surface area contributed by atoms with E-state index in [1.807, 2.05) is 4.90 Å². The zero-order valence-corrected chi connectivity index (χ0v) is 12.0. The van der Waals surface area contributed by atoms with Crippen molar-refractivity contribution in [3.05, 3.63) is 34.9 Å². The second-order valence-corrected chi connectivity index (χ2v) is 5.54. The SMILES string of the molecule is Cc1ccc(F)c(C(=O)C(C)(C)N2CCOCC2)c1F. The summed E-state index contributed by atoms with van der Waals surface area (Å²) >= 11 is 0. The van der Waals surface area contributed by atoms with Gasteiger partial charge in [0.1, 0.15) is 11.6 Å². The minimum atomic E-state index is -0.959. The Labute approximate surface area is 117 Å². The number of carbonyl (C=O) groups is 1. The highest BCUT2D eigenvalue weighted by atomic mass is 19.1. The Morgan fingerprint density at radius 2 is 1.85 bits per heavy atom. The highest BCUT2D eigenvalue weighted by Gasteiger charge is 2.38. The molecule has 0 radical (unpaired) electrons. The lowest BCUT2D eigenvalue weighted by Crippen LogP contribution is -2.54. The molecule has 1 saturated heterocycles. The van der Waals surface area contributed by atoms with Crippen molar-refractivity contribution in [1.29, 1.82) is 0 Å². The van der Waals surface area contributed by atoms with Crippen LogP contribution in [-0.2, 0) is 4.74 Å². The Balaban J connectivity index is 2.37. The second-order valence-electron chi connectivity index (χ2n) is 5.54. The molecular formula is C15H19F2NO2. The number of rotatable bonds is 3. The molecule has 0 saturated carbocycles. The largest absolute Gasteiger partial charge is 0.379 e. The number of hydrogen-bond donors (Lipinski definition) is 0. The van der Waals surface area contributed by atoms with Crippen LogP contribution >= 0.6 is 0 Å². The molecule has 110 valence electrons. The van der Waals surface area contributed by atoms with Crippen molar-refractivity contribution in [3.63, 3.8) is 0 Å². The summed E-state index contributed by atoms with van der Waals surface area (Å²) in [4.78, 5) is 14.5. The van der Waals surface area contributed by atoms with Crippen LogP contribution in [-0.4, -0.2) is 42.5 Å². The third-order valence-corrected chi connectivity index (χ3v) is 3.87. The lowest BCUT2D eigenvalue weighted by molar-refractivity contribution is -0.00458. The molecule has 1 aromatic rings. The van der Waals surface area contributed by atoms with E-state index in [9.17, 15) is 13.6 Å². The summed E-state index contributed by atoms with van der Waals surface area (Å²) < 4.78 is 33.2. The third kappa shape index (κ3) is 2.60. The van der Waals surface area contributed by atoms with Crippen molar-refractivity contribution in [3.8, 4) is 0 Å². The molecule has 3 nitrogen and oxygen atoms in total. The van der Waals surface area contributed by atoms with Gasteiger partial charge in [-0.2, -0.15) is 0 Å². The van der Waals surface area contributed by atoms with Gasteiger partial charge in [0.2, 0.25) is 0 Å². The molecule has 0 bridgehead atoms. The van der Waals surface area contributed by atoms with Crippen LogP contribution in [0, 0.1) is 18.6 Å². The summed E-state index contributed by atoms with van der Waals surface area (Å²) in [5.74, 6) is -2.10. The summed E-state index contributed by atoms with van der Waals surface area (Å²) in [5.41, 5.74) is -1.13. The molecule has 2 rings (SSSR count). The normalized spacial score (nSPS) is 17.2. The molecule has 0 aromatic heterocycles. The average molecular weight is 283 g/mol. The molecule has 0 unspecified atom stereocenters. The first-order valence-electron chi connectivity index (χ1n) is 6.68. The molecule has 1 heterocycles. The first kappa shape index (κ1) is 15.1. The van der Waals surface area contributed by atoms with Crippen LogP contribution in [0.5, 0.6) is 0 Å². The van der Waals surface area contributed by atoms with Crippen molar-refractivity contribution < 1.29 is 18.3 Å². The van der Waals surface area contributed by atoms with Gasteiger partial charge in [-0.05, 0) is 32.4 Å². The number of carbonyl (C=O) groups excluding carboxylic acids is 1. The predicted molar refractivity (Wildman–Crippen MR) is 71.9 cm³/mol. The molecule has 1 fully saturated rings. The molecule has 0 spiro atoms. The van der Waals surface area contributed by atoms with Gasteiger partial charge in [-0.3, -0.25) is 9.69 Å². The number of hydrogen-bond acceptors (Lipinski definition) is 3. The maximum atomic E-state index is 14.1. The van der Waals surface area contributed by atoms with Gasteiger partial charge in [0.05, 0.1) is 24.3 Å². The molecule has 0 aliphatic carbocycles. The van der Waals surface area contributed by atoms with Gasteiger partial charge in [0.15, 0.2) is 5.78 Å². The van der Waals surface area contributed by atoms with Crippen molar-refractivity contribution in [2.24, 2.45) is 0 Å². The fourth-order valence-corrected chi connectivity index (χ4v) is 2.44. The van der Waals surface area contributed by atoms with E-state index in [-0.39, 0.29) is 5.56 Å². The monoisotopic (exact) mass is 283 g/mol. The minimum absolute atomic E-state index is 0.271. The van der Waals surface area contributed by atoms with Crippen molar-refractivity contribution in [1.82, 2.24) is 4.90 Å². The van der Waals surface area contributed by atoms with E-state index in [1.54, 1.807) is 13.8 Å². The van der Waals surface area contributed by atoms with E-state index in [0.29, 0.717) is 26.3 Å². The van der Waals surface area contributed by atoms with E-state index >= 15 is 0 Å². The maximum Gasteiger partial charge on any atom is 0.188 e. The van der Waals surface area contributed by atoms with E-state index < -0.39 is 28.5 Å². The molecule has 1 aliphatic rings. The average Bonchev–Trinajstić information content (AvgIpc) is 2.44. The van der Waals surface area contributed by atoms with Crippen LogP contribution in [0.4, 0.5) is 8.78 Å². The molecule has 5 heteroatoms. The summed E-state index contributed by atoms with van der Waals surface area (Å²) in [7, 11) is 0. The van der Waals surface area contributed by atoms with E-state index in [1.165, 1.54) is 13.0 Å². The van der Waals surface area contributed by atoms with Gasteiger partial charge in [-0.15, -0.1) is 0 Å². The highest BCUT2D eigenvalue weighted by Crippen LogP contribution is 2.26. The molecule has 0 atom stereocenters. The smallest absolute Gasteiger partial charge is 0.188 e. The number of morpholine rings is 1. The number of ketones is 1. The van der Waals surface area contributed by atoms with Crippen molar-refractivity contribution in [2.45, 2.75) is 26.3 Å². The Morgan fingerprint density at radius 3 is 2.45 bits per heavy atom. The summed E-state index contributed by atoms with van der Waals surface area (Å²) in [6, 6.07) is 2.48. The first-order valence-corrected chi connectivity index (χ1v) is 6.68. The Kier molecular flexibility index (Phi) is 4.20. The summed E-state index contributed by atoms with van der Waals surface area (Å²) in [5, 5.41) is 0. The zero-order valence-electron chi connectivity index (χ0n) is 12.0. The van der Waals surface area contributed by atoms with Gasteiger partial charge in [0, 0.05) is 13.1 Å². The molecule has 1 aromatic carbocycles. The topological polar surface area (TPSA) is 29.5 Å². The Hall–Kier alpha value is -1.33.